The zero-order chi connectivity index (χ0) is 37.0. The molecule has 0 saturated carbocycles. The van der Waals surface area contributed by atoms with Crippen LogP contribution in [-0.2, 0) is 14.3 Å². The molecule has 4 heteroatoms. The minimum Gasteiger partial charge on any atom is -0.457 e. The lowest BCUT2D eigenvalue weighted by Gasteiger charge is -2.15. The van der Waals surface area contributed by atoms with Crippen LogP contribution in [0.2, 0.25) is 0 Å². The first-order valence-electron chi connectivity index (χ1n) is 22.2. The van der Waals surface area contributed by atoms with Crippen molar-refractivity contribution in [2.45, 2.75) is 225 Å². The van der Waals surface area contributed by atoms with E-state index in [-0.39, 0.29) is 19.2 Å². The lowest BCUT2D eigenvalue weighted by atomic mass is 10.1. The molecule has 298 valence electrons. The minimum absolute atomic E-state index is 0.179. The molecule has 0 aliphatic rings. The van der Waals surface area contributed by atoms with Crippen LogP contribution >= 0.6 is 0 Å². The van der Waals surface area contributed by atoms with Gasteiger partial charge < -0.3 is 14.6 Å². The van der Waals surface area contributed by atoms with Crippen LogP contribution in [0.3, 0.4) is 0 Å². The summed E-state index contributed by atoms with van der Waals surface area (Å²) in [5.74, 6) is -0.213. The summed E-state index contributed by atoms with van der Waals surface area (Å²) < 4.78 is 11.2. The van der Waals surface area contributed by atoms with Crippen molar-refractivity contribution in [3.05, 3.63) is 48.6 Å². The summed E-state index contributed by atoms with van der Waals surface area (Å²) in [5.41, 5.74) is 0. The van der Waals surface area contributed by atoms with Crippen molar-refractivity contribution < 1.29 is 19.4 Å². The second kappa shape index (κ2) is 44.5. The van der Waals surface area contributed by atoms with Gasteiger partial charge in [0.2, 0.25) is 0 Å². The molecule has 0 radical (unpaired) electrons. The van der Waals surface area contributed by atoms with E-state index in [0.29, 0.717) is 13.0 Å². The first-order valence-corrected chi connectivity index (χ1v) is 22.2. The van der Waals surface area contributed by atoms with Crippen LogP contribution in [0.25, 0.3) is 0 Å². The summed E-state index contributed by atoms with van der Waals surface area (Å²) >= 11 is 0. The molecule has 0 amide bonds. The first-order chi connectivity index (χ1) is 25.2. The highest BCUT2D eigenvalue weighted by atomic mass is 16.6. The van der Waals surface area contributed by atoms with Crippen LogP contribution in [-0.4, -0.2) is 37.0 Å². The molecule has 0 aromatic rings. The number of carbonyl (C=O) groups excluding carboxylic acids is 1. The lowest BCUT2D eigenvalue weighted by Crippen LogP contribution is -2.27. The van der Waals surface area contributed by atoms with Gasteiger partial charge in [0.15, 0.2) is 0 Å². The summed E-state index contributed by atoms with van der Waals surface area (Å²) in [4.78, 5) is 12.2. The summed E-state index contributed by atoms with van der Waals surface area (Å²) in [6.45, 7) is 5.32. The van der Waals surface area contributed by atoms with Crippen LogP contribution in [0.15, 0.2) is 48.6 Å². The average Bonchev–Trinajstić information content (AvgIpc) is 3.14. The fraction of sp³-hybridized carbons (Fsp3) is 0.809. The predicted octanol–water partition coefficient (Wildman–Crippen LogP) is 14.7. The third-order valence-corrected chi connectivity index (χ3v) is 9.63. The fourth-order valence-corrected chi connectivity index (χ4v) is 6.27. The van der Waals surface area contributed by atoms with E-state index in [1.807, 2.05) is 0 Å². The molecule has 0 aromatic heterocycles. The van der Waals surface area contributed by atoms with Gasteiger partial charge in [-0.05, 0) is 77.0 Å². The number of hydrogen-bond acceptors (Lipinski definition) is 4. The Morgan fingerprint density at radius 1 is 0.471 bits per heavy atom. The number of unbranched alkanes of at least 4 members (excludes halogenated alkanes) is 25. The van der Waals surface area contributed by atoms with Crippen LogP contribution < -0.4 is 0 Å². The Bertz CT molecular complexity index is 798. The maximum Gasteiger partial charge on any atom is 0.306 e. The van der Waals surface area contributed by atoms with E-state index in [9.17, 15) is 9.90 Å². The number of allylic oxidation sites excluding steroid dienone is 8. The molecule has 4 nitrogen and oxygen atoms in total. The van der Waals surface area contributed by atoms with Gasteiger partial charge in [-0.25, -0.2) is 0 Å². The van der Waals surface area contributed by atoms with Gasteiger partial charge in [-0.1, -0.05) is 184 Å². The highest BCUT2D eigenvalue weighted by Crippen LogP contribution is 2.13. The van der Waals surface area contributed by atoms with E-state index in [4.69, 9.17) is 9.47 Å². The quantitative estimate of drug-likeness (QED) is 0.0389. The normalized spacial score (nSPS) is 12.8. The summed E-state index contributed by atoms with van der Waals surface area (Å²) in [6.07, 6.45) is 57.4. The zero-order valence-electron chi connectivity index (χ0n) is 34.1. The summed E-state index contributed by atoms with van der Waals surface area (Å²) in [5, 5.41) is 9.61. The summed E-state index contributed by atoms with van der Waals surface area (Å²) in [7, 11) is 0. The number of aliphatic hydroxyl groups excluding tert-OH is 1. The molecule has 1 N–H and O–H groups in total. The Kier molecular flexibility index (Phi) is 43.1. The molecule has 0 aromatic carbocycles. The van der Waals surface area contributed by atoms with Gasteiger partial charge in [0.1, 0.15) is 6.10 Å². The van der Waals surface area contributed by atoms with Gasteiger partial charge in [0.05, 0.1) is 13.2 Å². The Morgan fingerprint density at radius 2 is 0.824 bits per heavy atom. The van der Waals surface area contributed by atoms with Crippen molar-refractivity contribution in [3.8, 4) is 0 Å². The summed E-state index contributed by atoms with van der Waals surface area (Å²) in [6, 6.07) is 0. The van der Waals surface area contributed by atoms with Crippen molar-refractivity contribution in [2.75, 3.05) is 19.8 Å². The van der Waals surface area contributed by atoms with Crippen molar-refractivity contribution in [3.63, 3.8) is 0 Å². The first kappa shape index (κ1) is 49.4. The number of aliphatic hydroxyl groups is 1. The molecule has 1 atom stereocenters. The molecule has 0 heterocycles. The van der Waals surface area contributed by atoms with Crippen LogP contribution in [0.5, 0.6) is 0 Å². The monoisotopic (exact) mass is 715 g/mol. The lowest BCUT2D eigenvalue weighted by molar-refractivity contribution is -0.154. The largest absolute Gasteiger partial charge is 0.457 e. The molecule has 1 unspecified atom stereocenters. The van der Waals surface area contributed by atoms with Crippen molar-refractivity contribution in [1.82, 2.24) is 0 Å². The molecule has 0 spiro atoms. The van der Waals surface area contributed by atoms with Gasteiger partial charge in [-0.15, -0.1) is 0 Å². The SMILES string of the molecule is CCCCCCC/C=C\C/C=C\C/C=C\CCCCCCCCC(=O)OC(CO)COCCCCCCCCCC/C=C\CCCCCCCC. The van der Waals surface area contributed by atoms with E-state index in [0.717, 1.165) is 44.9 Å². The van der Waals surface area contributed by atoms with Gasteiger partial charge >= 0.3 is 5.97 Å². The van der Waals surface area contributed by atoms with E-state index in [2.05, 4.69) is 62.5 Å². The third-order valence-electron chi connectivity index (χ3n) is 9.63. The molecule has 0 bridgehead atoms. The molecular weight excluding hydrogens is 629 g/mol. The van der Waals surface area contributed by atoms with E-state index in [1.54, 1.807) is 0 Å². The number of rotatable bonds is 41. The van der Waals surface area contributed by atoms with Gasteiger partial charge in [-0.2, -0.15) is 0 Å². The van der Waals surface area contributed by atoms with Crippen LogP contribution in [0.1, 0.15) is 219 Å². The number of hydrogen-bond donors (Lipinski definition) is 1. The molecule has 0 aliphatic heterocycles. The van der Waals surface area contributed by atoms with Crippen molar-refractivity contribution >= 4 is 5.97 Å². The van der Waals surface area contributed by atoms with Crippen molar-refractivity contribution in [1.29, 1.82) is 0 Å². The Morgan fingerprint density at radius 3 is 1.25 bits per heavy atom. The number of ether oxygens (including phenoxy) is 2. The smallest absolute Gasteiger partial charge is 0.306 e. The molecule has 0 rings (SSSR count). The van der Waals surface area contributed by atoms with E-state index in [1.165, 1.54) is 154 Å². The minimum atomic E-state index is -0.543. The topological polar surface area (TPSA) is 55.8 Å². The number of carbonyl (C=O) groups is 1. The molecule has 0 aliphatic carbocycles. The Hall–Kier alpha value is -1.65. The van der Waals surface area contributed by atoms with Crippen LogP contribution in [0, 0.1) is 0 Å². The average molecular weight is 715 g/mol. The predicted molar refractivity (Wildman–Crippen MR) is 223 cm³/mol. The van der Waals surface area contributed by atoms with E-state index >= 15 is 0 Å². The fourth-order valence-electron chi connectivity index (χ4n) is 6.27. The second-order valence-corrected chi connectivity index (χ2v) is 14.8. The zero-order valence-corrected chi connectivity index (χ0v) is 34.1. The number of esters is 1. The van der Waals surface area contributed by atoms with Gasteiger partial charge in [-0.3, -0.25) is 4.79 Å². The second-order valence-electron chi connectivity index (χ2n) is 14.8. The highest BCUT2D eigenvalue weighted by molar-refractivity contribution is 5.69. The highest BCUT2D eigenvalue weighted by Gasteiger charge is 2.13. The maximum atomic E-state index is 12.2. The molecule has 0 fully saturated rings. The van der Waals surface area contributed by atoms with Gasteiger partial charge in [0, 0.05) is 13.0 Å². The van der Waals surface area contributed by atoms with Crippen molar-refractivity contribution in [2.24, 2.45) is 0 Å². The molecular formula is C47H86O4. The Labute approximate surface area is 318 Å². The third kappa shape index (κ3) is 42.7. The van der Waals surface area contributed by atoms with Gasteiger partial charge in [0.25, 0.3) is 0 Å². The Balaban J connectivity index is 3.47. The molecule has 0 saturated heterocycles. The molecule has 51 heavy (non-hydrogen) atoms. The maximum absolute atomic E-state index is 12.2. The van der Waals surface area contributed by atoms with Crippen LogP contribution in [0.4, 0.5) is 0 Å². The van der Waals surface area contributed by atoms with E-state index < -0.39 is 6.10 Å². The standard InChI is InChI=1S/C47H86O4/c1-3-5-7-9-11-13-15-17-19-21-23-24-25-26-28-30-32-34-36-38-40-42-47(49)51-46(44-48)45-50-43-41-39-37-35-33-31-29-27-22-20-18-16-14-12-10-8-6-4-2/h15,17-18,20-21,23,25-26,46,48H,3-14,16,19,22,24,27-45H2,1-2H3/b17-15-,20-18-,23-21-,26-25-.